The molecule has 0 amide bonds. The Kier molecular flexibility index (Phi) is 24.9. The van der Waals surface area contributed by atoms with E-state index in [1.54, 1.807) is 0 Å². The quantitative estimate of drug-likeness (QED) is 0.157. The molecule has 0 aromatic rings. The molecule has 0 N–H and O–H groups in total. The Morgan fingerprint density at radius 2 is 0.500 bits per heavy atom. The van der Waals surface area contributed by atoms with E-state index in [0.717, 1.165) is 12.8 Å². The summed E-state index contributed by atoms with van der Waals surface area (Å²) in [6.45, 7) is 2.17. The maximum atomic E-state index is 11.9. The summed E-state index contributed by atoms with van der Waals surface area (Å²) in [7, 11) is 0. The van der Waals surface area contributed by atoms with E-state index in [-0.39, 0.29) is 6.67 Å². The standard InChI is InChI=1S/C25H51F/c1-2-3-4-5-6-7-8-9-10-11-12-13-14-15-16-17-18-19-20-21-22-23-24-25-26/h2-25H2,1H3. The van der Waals surface area contributed by atoms with Gasteiger partial charge in [-0.15, -0.1) is 0 Å². The van der Waals surface area contributed by atoms with Gasteiger partial charge in [0.2, 0.25) is 0 Å². The number of rotatable bonds is 23. The van der Waals surface area contributed by atoms with Crippen LogP contribution in [-0.4, -0.2) is 6.67 Å². The average Bonchev–Trinajstić information content (AvgIpc) is 2.66. The molecule has 0 aliphatic carbocycles. The summed E-state index contributed by atoms with van der Waals surface area (Å²) in [5.74, 6) is 0. The zero-order chi connectivity index (χ0) is 19.0. The molecule has 0 fully saturated rings. The van der Waals surface area contributed by atoms with Crippen LogP contribution in [0.15, 0.2) is 0 Å². The van der Waals surface area contributed by atoms with Gasteiger partial charge in [-0.25, -0.2) is 0 Å². The molecule has 0 aromatic carbocycles. The molecule has 0 unspecified atom stereocenters. The number of hydrogen-bond donors (Lipinski definition) is 0. The average molecular weight is 371 g/mol. The van der Waals surface area contributed by atoms with E-state index in [1.807, 2.05) is 0 Å². The maximum Gasteiger partial charge on any atom is 0.0894 e. The van der Waals surface area contributed by atoms with Crippen LogP contribution in [0.5, 0.6) is 0 Å². The summed E-state index contributed by atoms with van der Waals surface area (Å²) >= 11 is 0. The van der Waals surface area contributed by atoms with Gasteiger partial charge in [-0.1, -0.05) is 148 Å². The monoisotopic (exact) mass is 370 g/mol. The predicted octanol–water partition coefficient (Wildman–Crippen LogP) is 9.95. The lowest BCUT2D eigenvalue weighted by Crippen LogP contribution is -1.84. The lowest BCUT2D eigenvalue weighted by atomic mass is 10.0. The van der Waals surface area contributed by atoms with Crippen molar-refractivity contribution in [3.8, 4) is 0 Å². The number of alkyl halides is 1. The van der Waals surface area contributed by atoms with Gasteiger partial charge < -0.3 is 0 Å². The molecule has 0 aliphatic rings. The predicted molar refractivity (Wildman–Crippen MR) is 118 cm³/mol. The molecule has 0 heterocycles. The molecule has 0 atom stereocenters. The lowest BCUT2D eigenvalue weighted by Gasteiger charge is -2.04. The van der Waals surface area contributed by atoms with Crippen LogP contribution in [0.1, 0.15) is 155 Å². The summed E-state index contributed by atoms with van der Waals surface area (Å²) in [5, 5.41) is 0. The third-order valence-corrected chi connectivity index (χ3v) is 5.74. The molecule has 0 rings (SSSR count). The highest BCUT2D eigenvalue weighted by Crippen LogP contribution is 2.15. The molecule has 0 saturated carbocycles. The van der Waals surface area contributed by atoms with Crippen molar-refractivity contribution >= 4 is 0 Å². The zero-order valence-electron chi connectivity index (χ0n) is 18.3. The zero-order valence-corrected chi connectivity index (χ0v) is 18.3. The summed E-state index contributed by atoms with van der Waals surface area (Å²) in [5.41, 5.74) is 0. The minimum atomic E-state index is -0.126. The van der Waals surface area contributed by atoms with Gasteiger partial charge in [-0.2, -0.15) is 0 Å². The van der Waals surface area contributed by atoms with Gasteiger partial charge >= 0.3 is 0 Å². The molecule has 0 aliphatic heterocycles. The van der Waals surface area contributed by atoms with Gasteiger partial charge in [-0.05, 0) is 6.42 Å². The SMILES string of the molecule is CCCCCCCCCCCCCCCCCCCCCCCCCF. The summed E-state index contributed by atoms with van der Waals surface area (Å²) in [6.07, 6.45) is 31.9. The van der Waals surface area contributed by atoms with Gasteiger partial charge in [0.15, 0.2) is 0 Å². The second-order valence-corrected chi connectivity index (χ2v) is 8.47. The topological polar surface area (TPSA) is 0 Å². The molecular weight excluding hydrogens is 319 g/mol. The Hall–Kier alpha value is -0.0700. The van der Waals surface area contributed by atoms with Crippen LogP contribution < -0.4 is 0 Å². The fourth-order valence-electron chi connectivity index (χ4n) is 3.88. The molecule has 0 radical (unpaired) electrons. The van der Waals surface area contributed by atoms with Crippen molar-refractivity contribution < 1.29 is 4.39 Å². The smallest absolute Gasteiger partial charge is 0.0894 e. The van der Waals surface area contributed by atoms with Gasteiger partial charge in [-0.3, -0.25) is 4.39 Å². The van der Waals surface area contributed by atoms with Gasteiger partial charge in [0, 0.05) is 0 Å². The minimum absolute atomic E-state index is 0.126. The molecule has 0 spiro atoms. The van der Waals surface area contributed by atoms with E-state index in [0.29, 0.717) is 0 Å². The molecule has 0 aromatic heterocycles. The largest absolute Gasteiger partial charge is 0.251 e. The maximum absolute atomic E-state index is 11.9. The summed E-state index contributed by atoms with van der Waals surface area (Å²) in [6, 6.07) is 0. The number of unbranched alkanes of at least 4 members (excludes halogenated alkanes) is 22. The van der Waals surface area contributed by atoms with Crippen LogP contribution in [0.3, 0.4) is 0 Å². The van der Waals surface area contributed by atoms with Crippen molar-refractivity contribution in [3.63, 3.8) is 0 Å². The van der Waals surface area contributed by atoms with E-state index >= 15 is 0 Å². The van der Waals surface area contributed by atoms with Crippen LogP contribution in [0, 0.1) is 0 Å². The first-order valence-electron chi connectivity index (χ1n) is 12.5. The molecule has 158 valence electrons. The first-order chi connectivity index (χ1) is 12.9. The normalized spacial score (nSPS) is 11.3. The molecule has 0 bridgehead atoms. The van der Waals surface area contributed by atoms with Crippen molar-refractivity contribution in [2.45, 2.75) is 155 Å². The molecular formula is C25H51F. The first kappa shape index (κ1) is 25.9. The Labute approximate surface area is 166 Å². The van der Waals surface area contributed by atoms with E-state index in [4.69, 9.17) is 0 Å². The Bertz CT molecular complexity index is 202. The molecule has 26 heavy (non-hydrogen) atoms. The highest BCUT2D eigenvalue weighted by molar-refractivity contribution is 4.51. The van der Waals surface area contributed by atoms with Crippen LogP contribution in [0.2, 0.25) is 0 Å². The second-order valence-electron chi connectivity index (χ2n) is 8.47. The van der Waals surface area contributed by atoms with Crippen molar-refractivity contribution in [2.75, 3.05) is 6.67 Å². The first-order valence-corrected chi connectivity index (χ1v) is 12.5. The Morgan fingerprint density at radius 3 is 0.692 bits per heavy atom. The van der Waals surface area contributed by atoms with Gasteiger partial charge in [0.05, 0.1) is 6.67 Å². The molecule has 0 saturated heterocycles. The minimum Gasteiger partial charge on any atom is -0.251 e. The summed E-state index contributed by atoms with van der Waals surface area (Å²) in [4.78, 5) is 0. The number of hydrogen-bond acceptors (Lipinski definition) is 0. The molecule has 0 nitrogen and oxygen atoms in total. The van der Waals surface area contributed by atoms with Gasteiger partial charge in [0.1, 0.15) is 0 Å². The van der Waals surface area contributed by atoms with Crippen LogP contribution in [0.4, 0.5) is 4.39 Å². The van der Waals surface area contributed by atoms with Crippen LogP contribution in [-0.2, 0) is 0 Å². The fraction of sp³-hybridized carbons (Fsp3) is 1.00. The summed E-state index contributed by atoms with van der Waals surface area (Å²) < 4.78 is 11.9. The third-order valence-electron chi connectivity index (χ3n) is 5.74. The van der Waals surface area contributed by atoms with Crippen LogP contribution in [0.25, 0.3) is 0 Å². The van der Waals surface area contributed by atoms with Crippen molar-refractivity contribution in [2.24, 2.45) is 0 Å². The van der Waals surface area contributed by atoms with Crippen molar-refractivity contribution in [3.05, 3.63) is 0 Å². The van der Waals surface area contributed by atoms with E-state index in [9.17, 15) is 4.39 Å². The highest BCUT2D eigenvalue weighted by atomic mass is 19.1. The van der Waals surface area contributed by atoms with E-state index < -0.39 is 0 Å². The van der Waals surface area contributed by atoms with Crippen molar-refractivity contribution in [1.29, 1.82) is 0 Å². The van der Waals surface area contributed by atoms with Gasteiger partial charge in [0.25, 0.3) is 0 Å². The third kappa shape index (κ3) is 23.9. The Balaban J connectivity index is 2.95. The van der Waals surface area contributed by atoms with Crippen LogP contribution >= 0.6 is 0 Å². The highest BCUT2D eigenvalue weighted by Gasteiger charge is 1.95. The van der Waals surface area contributed by atoms with E-state index in [1.165, 1.54) is 135 Å². The second kappa shape index (κ2) is 24.9. The Morgan fingerprint density at radius 1 is 0.308 bits per heavy atom. The van der Waals surface area contributed by atoms with E-state index in [2.05, 4.69) is 6.92 Å². The lowest BCUT2D eigenvalue weighted by molar-refractivity contribution is 0.448. The molecule has 1 heteroatoms. The number of halogens is 1. The fourth-order valence-corrected chi connectivity index (χ4v) is 3.88. The van der Waals surface area contributed by atoms with Crippen molar-refractivity contribution in [1.82, 2.24) is 0 Å².